The van der Waals surface area contributed by atoms with Gasteiger partial charge in [0.2, 0.25) is 5.91 Å². The van der Waals surface area contributed by atoms with Crippen LogP contribution in [0.4, 0.5) is 5.69 Å². The molecule has 0 bridgehead atoms. The molecule has 0 N–H and O–H groups in total. The van der Waals surface area contributed by atoms with Crippen LogP contribution in [0.25, 0.3) is 5.57 Å². The highest BCUT2D eigenvalue weighted by molar-refractivity contribution is 8.00. The standard InChI is InChI=1S/C22H24ClNOS/c1-14-10-15(2)21-19(11-14)16(3)12-22(4,5)24(21)20(25)13-26-18-8-6-17(23)7-9-18/h6-12H,13H2,1-5H3. The van der Waals surface area contributed by atoms with Crippen LogP contribution < -0.4 is 4.90 Å². The normalized spacial score (nSPS) is 15.5. The summed E-state index contributed by atoms with van der Waals surface area (Å²) in [5.74, 6) is 0.511. The first-order chi connectivity index (χ1) is 12.2. The maximum Gasteiger partial charge on any atom is 0.238 e. The van der Waals surface area contributed by atoms with E-state index in [1.165, 1.54) is 11.1 Å². The first-order valence-corrected chi connectivity index (χ1v) is 10.1. The van der Waals surface area contributed by atoms with Crippen molar-refractivity contribution in [1.29, 1.82) is 0 Å². The van der Waals surface area contributed by atoms with E-state index in [9.17, 15) is 4.79 Å². The van der Waals surface area contributed by atoms with Gasteiger partial charge < -0.3 is 4.90 Å². The Hall–Kier alpha value is -1.71. The van der Waals surface area contributed by atoms with Gasteiger partial charge in [-0.3, -0.25) is 4.79 Å². The van der Waals surface area contributed by atoms with Crippen molar-refractivity contribution in [3.63, 3.8) is 0 Å². The maximum absolute atomic E-state index is 13.2. The zero-order valence-corrected chi connectivity index (χ0v) is 17.5. The highest BCUT2D eigenvalue weighted by Gasteiger charge is 2.36. The molecular weight excluding hydrogens is 362 g/mol. The lowest BCUT2D eigenvalue weighted by Gasteiger charge is -2.42. The molecule has 0 aliphatic carbocycles. The summed E-state index contributed by atoms with van der Waals surface area (Å²) in [6, 6.07) is 11.9. The number of thioether (sulfide) groups is 1. The first kappa shape index (κ1) is 19.1. The highest BCUT2D eigenvalue weighted by atomic mass is 35.5. The molecule has 4 heteroatoms. The van der Waals surface area contributed by atoms with Crippen LogP contribution in [-0.2, 0) is 4.79 Å². The molecule has 2 aromatic rings. The third kappa shape index (κ3) is 3.70. The number of halogens is 1. The van der Waals surface area contributed by atoms with E-state index >= 15 is 0 Å². The SMILES string of the molecule is CC1=CC(C)(C)N(C(=O)CSc2ccc(Cl)cc2)c2c(C)cc(C)cc21. The zero-order chi connectivity index (χ0) is 19.1. The molecule has 0 saturated carbocycles. The second kappa shape index (κ2) is 7.13. The van der Waals surface area contributed by atoms with E-state index in [1.807, 2.05) is 29.2 Å². The van der Waals surface area contributed by atoms with Crippen LogP contribution in [0, 0.1) is 13.8 Å². The number of benzene rings is 2. The fourth-order valence-corrected chi connectivity index (χ4v) is 4.58. The predicted octanol–water partition coefficient (Wildman–Crippen LogP) is 6.28. The molecule has 0 radical (unpaired) electrons. The van der Waals surface area contributed by atoms with E-state index in [0.29, 0.717) is 10.8 Å². The summed E-state index contributed by atoms with van der Waals surface area (Å²) in [4.78, 5) is 16.2. The van der Waals surface area contributed by atoms with Gasteiger partial charge >= 0.3 is 0 Å². The van der Waals surface area contributed by atoms with Crippen molar-refractivity contribution in [3.8, 4) is 0 Å². The highest BCUT2D eigenvalue weighted by Crippen LogP contribution is 2.42. The Morgan fingerprint density at radius 1 is 1.12 bits per heavy atom. The Kier molecular flexibility index (Phi) is 5.23. The summed E-state index contributed by atoms with van der Waals surface area (Å²) in [7, 11) is 0. The van der Waals surface area contributed by atoms with Crippen molar-refractivity contribution in [2.45, 2.75) is 45.1 Å². The van der Waals surface area contributed by atoms with Crippen LogP contribution in [-0.4, -0.2) is 17.2 Å². The number of nitrogens with zero attached hydrogens (tertiary/aromatic N) is 1. The van der Waals surface area contributed by atoms with Crippen LogP contribution in [0.2, 0.25) is 5.02 Å². The molecule has 0 spiro atoms. The Morgan fingerprint density at radius 3 is 2.42 bits per heavy atom. The van der Waals surface area contributed by atoms with Crippen molar-refractivity contribution < 1.29 is 4.79 Å². The number of carbonyl (C=O) groups excluding carboxylic acids is 1. The van der Waals surface area contributed by atoms with Gasteiger partial charge in [0.05, 0.1) is 17.0 Å². The van der Waals surface area contributed by atoms with Crippen molar-refractivity contribution in [3.05, 3.63) is 64.2 Å². The average Bonchev–Trinajstić information content (AvgIpc) is 2.54. The third-order valence-electron chi connectivity index (χ3n) is 4.66. The zero-order valence-electron chi connectivity index (χ0n) is 15.9. The van der Waals surface area contributed by atoms with E-state index in [1.54, 1.807) is 11.8 Å². The number of aryl methyl sites for hydroxylation is 2. The van der Waals surface area contributed by atoms with Gasteiger partial charge in [0.1, 0.15) is 0 Å². The fourth-order valence-electron chi connectivity index (χ4n) is 3.70. The lowest BCUT2D eigenvalue weighted by molar-refractivity contribution is -0.116. The number of amides is 1. The average molecular weight is 386 g/mol. The van der Waals surface area contributed by atoms with Crippen LogP contribution in [0.15, 0.2) is 47.4 Å². The van der Waals surface area contributed by atoms with Gasteiger partial charge in [-0.1, -0.05) is 29.3 Å². The smallest absolute Gasteiger partial charge is 0.238 e. The summed E-state index contributed by atoms with van der Waals surface area (Å²) >= 11 is 7.49. The molecule has 136 valence electrons. The van der Waals surface area contributed by atoms with Crippen molar-refractivity contribution >= 4 is 40.5 Å². The molecular formula is C22H24ClNOS. The number of allylic oxidation sites excluding steroid dienone is 1. The molecule has 0 fully saturated rings. The number of hydrogen-bond acceptors (Lipinski definition) is 2. The Balaban J connectivity index is 1.93. The molecule has 0 atom stereocenters. The van der Waals surface area contributed by atoms with E-state index in [0.717, 1.165) is 21.7 Å². The molecule has 0 saturated heterocycles. The number of hydrogen-bond donors (Lipinski definition) is 0. The van der Waals surface area contributed by atoms with Gasteiger partial charge in [-0.05, 0) is 76.1 Å². The minimum absolute atomic E-state index is 0.118. The second-order valence-corrected chi connectivity index (χ2v) is 8.92. The van der Waals surface area contributed by atoms with E-state index in [4.69, 9.17) is 11.6 Å². The minimum atomic E-state index is -0.352. The topological polar surface area (TPSA) is 20.3 Å². The van der Waals surface area contributed by atoms with E-state index in [-0.39, 0.29) is 11.4 Å². The number of fused-ring (bicyclic) bond motifs is 1. The Labute approximate surface area is 165 Å². The van der Waals surface area contributed by atoms with Crippen molar-refractivity contribution in [1.82, 2.24) is 0 Å². The Morgan fingerprint density at radius 2 is 1.77 bits per heavy atom. The van der Waals surface area contributed by atoms with Crippen molar-refractivity contribution in [2.24, 2.45) is 0 Å². The van der Waals surface area contributed by atoms with Gasteiger partial charge in [0.25, 0.3) is 0 Å². The van der Waals surface area contributed by atoms with Crippen LogP contribution in [0.1, 0.15) is 37.5 Å². The summed E-state index contributed by atoms with van der Waals surface area (Å²) in [5.41, 5.74) is 5.44. The van der Waals surface area contributed by atoms with Crippen LogP contribution >= 0.6 is 23.4 Å². The monoisotopic (exact) mass is 385 g/mol. The number of anilines is 1. The number of carbonyl (C=O) groups is 1. The van der Waals surface area contributed by atoms with Gasteiger partial charge in [-0.25, -0.2) is 0 Å². The largest absolute Gasteiger partial charge is 0.302 e. The molecule has 1 aliphatic heterocycles. The maximum atomic E-state index is 13.2. The molecule has 1 heterocycles. The molecule has 3 rings (SSSR count). The lowest BCUT2D eigenvalue weighted by Crippen LogP contribution is -2.50. The molecule has 2 aromatic carbocycles. The minimum Gasteiger partial charge on any atom is -0.302 e. The second-order valence-electron chi connectivity index (χ2n) is 7.43. The molecule has 0 unspecified atom stereocenters. The van der Waals surface area contributed by atoms with Crippen molar-refractivity contribution in [2.75, 3.05) is 10.7 Å². The molecule has 1 aliphatic rings. The quantitative estimate of drug-likeness (QED) is 0.579. The Bertz CT molecular complexity index is 884. The molecule has 26 heavy (non-hydrogen) atoms. The van der Waals surface area contributed by atoms with Crippen LogP contribution in [0.5, 0.6) is 0 Å². The molecule has 0 aromatic heterocycles. The lowest BCUT2D eigenvalue weighted by atomic mass is 9.86. The number of rotatable bonds is 3. The predicted molar refractivity (Wildman–Crippen MR) is 113 cm³/mol. The van der Waals surface area contributed by atoms with Crippen LogP contribution in [0.3, 0.4) is 0 Å². The third-order valence-corrected chi connectivity index (χ3v) is 5.91. The fraction of sp³-hybridized carbons (Fsp3) is 0.318. The summed E-state index contributed by atoms with van der Waals surface area (Å²) in [6.07, 6.45) is 2.19. The van der Waals surface area contributed by atoms with Gasteiger partial charge in [0.15, 0.2) is 0 Å². The molecule has 1 amide bonds. The summed E-state index contributed by atoms with van der Waals surface area (Å²) in [6.45, 7) is 10.5. The van der Waals surface area contributed by atoms with E-state index < -0.39 is 0 Å². The first-order valence-electron chi connectivity index (χ1n) is 8.71. The summed E-state index contributed by atoms with van der Waals surface area (Å²) in [5, 5.41) is 0.707. The summed E-state index contributed by atoms with van der Waals surface area (Å²) < 4.78 is 0. The van der Waals surface area contributed by atoms with Gasteiger partial charge in [-0.2, -0.15) is 0 Å². The molecule has 2 nitrogen and oxygen atoms in total. The van der Waals surface area contributed by atoms with Gasteiger partial charge in [-0.15, -0.1) is 11.8 Å². The van der Waals surface area contributed by atoms with E-state index in [2.05, 4.69) is 52.8 Å². The van der Waals surface area contributed by atoms with Gasteiger partial charge in [0, 0.05) is 15.5 Å².